The number of nitrogens with two attached hydrogens (primary N) is 1. The van der Waals surface area contributed by atoms with E-state index in [4.69, 9.17) is 5.73 Å². The number of rotatable bonds is 5. The van der Waals surface area contributed by atoms with Crippen molar-refractivity contribution in [3.05, 3.63) is 29.8 Å². The van der Waals surface area contributed by atoms with E-state index in [1.54, 1.807) is 21.1 Å². The SMILES string of the molecule is CN(C)C(=O)CN(C)C(=O)CCc1ccccc1N. The molecule has 2 amide bonds. The van der Waals surface area contributed by atoms with Gasteiger partial charge in [0.25, 0.3) is 0 Å². The molecule has 0 aliphatic carbocycles. The van der Waals surface area contributed by atoms with E-state index in [1.807, 2.05) is 24.3 Å². The van der Waals surface area contributed by atoms with Gasteiger partial charge in [0.05, 0.1) is 6.54 Å². The molecule has 1 aromatic rings. The van der Waals surface area contributed by atoms with E-state index in [0.29, 0.717) is 18.5 Å². The molecule has 104 valence electrons. The van der Waals surface area contributed by atoms with Crippen LogP contribution in [0.5, 0.6) is 0 Å². The number of likely N-dealkylation sites (N-methyl/N-ethyl adjacent to an activating group) is 2. The van der Waals surface area contributed by atoms with Gasteiger partial charge in [-0.05, 0) is 18.1 Å². The van der Waals surface area contributed by atoms with E-state index in [2.05, 4.69) is 0 Å². The number of carbonyl (C=O) groups excluding carboxylic acids is 2. The van der Waals surface area contributed by atoms with Gasteiger partial charge in [-0.25, -0.2) is 0 Å². The molecule has 0 saturated carbocycles. The van der Waals surface area contributed by atoms with Crippen LogP contribution >= 0.6 is 0 Å². The molecular weight excluding hydrogens is 242 g/mol. The number of nitrogen functional groups attached to an aromatic ring is 1. The van der Waals surface area contributed by atoms with Crippen LogP contribution in [0.3, 0.4) is 0 Å². The molecule has 2 N–H and O–H groups in total. The molecule has 5 heteroatoms. The first-order valence-electron chi connectivity index (χ1n) is 6.19. The Morgan fingerprint density at radius 3 is 2.32 bits per heavy atom. The number of benzene rings is 1. The number of carbonyl (C=O) groups is 2. The first kappa shape index (κ1) is 15.0. The van der Waals surface area contributed by atoms with E-state index < -0.39 is 0 Å². The molecule has 0 bridgehead atoms. The van der Waals surface area contributed by atoms with Crippen LogP contribution in [0.15, 0.2) is 24.3 Å². The predicted molar refractivity (Wildman–Crippen MR) is 75.5 cm³/mol. The van der Waals surface area contributed by atoms with Crippen LogP contribution in [0.25, 0.3) is 0 Å². The van der Waals surface area contributed by atoms with E-state index >= 15 is 0 Å². The van der Waals surface area contributed by atoms with Gasteiger partial charge in [-0.15, -0.1) is 0 Å². The third-order valence-electron chi connectivity index (χ3n) is 2.96. The minimum Gasteiger partial charge on any atom is -0.399 e. The smallest absolute Gasteiger partial charge is 0.241 e. The molecule has 0 fully saturated rings. The number of hydrogen-bond donors (Lipinski definition) is 1. The lowest BCUT2D eigenvalue weighted by atomic mass is 10.1. The number of nitrogens with zero attached hydrogens (tertiary/aromatic N) is 2. The standard InChI is InChI=1S/C14H21N3O2/c1-16(2)14(19)10-17(3)13(18)9-8-11-6-4-5-7-12(11)15/h4-7H,8-10,15H2,1-3H3. The van der Waals surface area contributed by atoms with Crippen molar-refractivity contribution in [1.29, 1.82) is 0 Å². The van der Waals surface area contributed by atoms with Crippen LogP contribution in [0.2, 0.25) is 0 Å². The maximum Gasteiger partial charge on any atom is 0.241 e. The number of para-hydroxylation sites is 1. The number of aryl methyl sites for hydroxylation is 1. The van der Waals surface area contributed by atoms with Crippen molar-refractivity contribution in [3.63, 3.8) is 0 Å². The second-order valence-electron chi connectivity index (χ2n) is 4.74. The zero-order chi connectivity index (χ0) is 14.4. The summed E-state index contributed by atoms with van der Waals surface area (Å²) in [5, 5.41) is 0. The Balaban J connectivity index is 2.47. The second-order valence-corrected chi connectivity index (χ2v) is 4.74. The first-order valence-corrected chi connectivity index (χ1v) is 6.19. The zero-order valence-electron chi connectivity index (χ0n) is 11.7. The van der Waals surface area contributed by atoms with Crippen molar-refractivity contribution in [3.8, 4) is 0 Å². The molecule has 0 radical (unpaired) electrons. The molecule has 0 spiro atoms. The fourth-order valence-corrected chi connectivity index (χ4v) is 1.63. The molecule has 0 saturated heterocycles. The normalized spacial score (nSPS) is 10.1. The van der Waals surface area contributed by atoms with Gasteiger partial charge in [-0.3, -0.25) is 9.59 Å². The van der Waals surface area contributed by atoms with Crippen molar-refractivity contribution in [2.45, 2.75) is 12.8 Å². The van der Waals surface area contributed by atoms with Gasteiger partial charge in [0, 0.05) is 33.3 Å². The van der Waals surface area contributed by atoms with Crippen LogP contribution < -0.4 is 5.73 Å². The van der Waals surface area contributed by atoms with Gasteiger partial charge >= 0.3 is 0 Å². The summed E-state index contributed by atoms with van der Waals surface area (Å²) in [7, 11) is 4.98. The summed E-state index contributed by atoms with van der Waals surface area (Å²) < 4.78 is 0. The lowest BCUT2D eigenvalue weighted by Crippen LogP contribution is -2.37. The van der Waals surface area contributed by atoms with Gasteiger partial charge in [0.2, 0.25) is 11.8 Å². The van der Waals surface area contributed by atoms with Crippen molar-refractivity contribution in [2.75, 3.05) is 33.4 Å². The highest BCUT2D eigenvalue weighted by molar-refractivity contribution is 5.84. The summed E-state index contributed by atoms with van der Waals surface area (Å²) >= 11 is 0. The maximum atomic E-state index is 11.9. The van der Waals surface area contributed by atoms with Gasteiger partial charge in [0.1, 0.15) is 0 Å². The zero-order valence-corrected chi connectivity index (χ0v) is 11.7. The highest BCUT2D eigenvalue weighted by atomic mass is 16.2. The third-order valence-corrected chi connectivity index (χ3v) is 2.96. The monoisotopic (exact) mass is 263 g/mol. The molecule has 0 unspecified atom stereocenters. The van der Waals surface area contributed by atoms with Gasteiger partial charge in [0.15, 0.2) is 0 Å². The third kappa shape index (κ3) is 4.62. The fourth-order valence-electron chi connectivity index (χ4n) is 1.63. The number of amides is 2. The molecule has 0 aromatic heterocycles. The average molecular weight is 263 g/mol. The predicted octanol–water partition coefficient (Wildman–Crippen LogP) is 0.748. The van der Waals surface area contributed by atoms with Gasteiger partial charge in [-0.1, -0.05) is 18.2 Å². The Morgan fingerprint density at radius 2 is 1.74 bits per heavy atom. The van der Waals surface area contributed by atoms with E-state index in [0.717, 1.165) is 5.56 Å². The second kappa shape index (κ2) is 6.78. The van der Waals surface area contributed by atoms with E-state index in [9.17, 15) is 9.59 Å². The molecule has 0 aliphatic rings. The van der Waals surface area contributed by atoms with Crippen LogP contribution in [0, 0.1) is 0 Å². The molecule has 0 heterocycles. The summed E-state index contributed by atoms with van der Waals surface area (Å²) in [6.45, 7) is 0.107. The van der Waals surface area contributed by atoms with Crippen molar-refractivity contribution < 1.29 is 9.59 Å². The van der Waals surface area contributed by atoms with Gasteiger partial charge in [-0.2, -0.15) is 0 Å². The fraction of sp³-hybridized carbons (Fsp3) is 0.429. The number of anilines is 1. The average Bonchev–Trinajstić information content (AvgIpc) is 2.37. The van der Waals surface area contributed by atoms with Crippen molar-refractivity contribution in [2.24, 2.45) is 0 Å². The molecule has 0 aliphatic heterocycles. The molecular formula is C14H21N3O2. The largest absolute Gasteiger partial charge is 0.399 e. The number of hydrogen-bond acceptors (Lipinski definition) is 3. The summed E-state index contributed by atoms with van der Waals surface area (Å²) in [5.41, 5.74) is 7.48. The minimum atomic E-state index is -0.0879. The quantitative estimate of drug-likeness (QED) is 0.797. The first-order chi connectivity index (χ1) is 8.91. The Bertz CT molecular complexity index is 458. The topological polar surface area (TPSA) is 66.6 Å². The Morgan fingerprint density at radius 1 is 1.11 bits per heavy atom. The van der Waals surface area contributed by atoms with Crippen molar-refractivity contribution in [1.82, 2.24) is 9.80 Å². The summed E-state index contributed by atoms with van der Waals surface area (Å²) in [6.07, 6.45) is 0.942. The molecule has 1 rings (SSSR count). The molecule has 0 atom stereocenters. The summed E-state index contributed by atoms with van der Waals surface area (Å²) in [6, 6.07) is 7.49. The lowest BCUT2D eigenvalue weighted by Gasteiger charge is -2.19. The molecule has 19 heavy (non-hydrogen) atoms. The summed E-state index contributed by atoms with van der Waals surface area (Å²) in [5.74, 6) is -0.145. The van der Waals surface area contributed by atoms with Crippen molar-refractivity contribution >= 4 is 17.5 Å². The minimum absolute atomic E-state index is 0.0570. The Kier molecular flexibility index (Phi) is 5.36. The van der Waals surface area contributed by atoms with Crippen LogP contribution in [-0.2, 0) is 16.0 Å². The molecule has 1 aromatic carbocycles. The Hall–Kier alpha value is -2.04. The maximum absolute atomic E-state index is 11.9. The Labute approximate surface area is 114 Å². The lowest BCUT2D eigenvalue weighted by molar-refractivity contribution is -0.137. The summed E-state index contributed by atoms with van der Waals surface area (Å²) in [4.78, 5) is 26.3. The van der Waals surface area contributed by atoms with Crippen LogP contribution in [0.4, 0.5) is 5.69 Å². The van der Waals surface area contributed by atoms with Gasteiger partial charge < -0.3 is 15.5 Å². The van der Waals surface area contributed by atoms with E-state index in [-0.39, 0.29) is 18.4 Å². The highest BCUT2D eigenvalue weighted by Crippen LogP contribution is 2.13. The highest BCUT2D eigenvalue weighted by Gasteiger charge is 2.14. The molecule has 5 nitrogen and oxygen atoms in total. The van der Waals surface area contributed by atoms with Crippen LogP contribution in [0.1, 0.15) is 12.0 Å². The van der Waals surface area contributed by atoms with Crippen LogP contribution in [-0.4, -0.2) is 49.3 Å². The van der Waals surface area contributed by atoms with E-state index in [1.165, 1.54) is 9.80 Å².